The van der Waals surface area contributed by atoms with Crippen LogP contribution in [-0.2, 0) is 23.2 Å². The van der Waals surface area contributed by atoms with Crippen LogP contribution in [0, 0.1) is 0 Å². The minimum Gasteiger partial charge on any atom is -0.349 e. The molecule has 148 valence electrons. The van der Waals surface area contributed by atoms with E-state index in [-0.39, 0.29) is 30.6 Å². The number of benzene rings is 2. The van der Waals surface area contributed by atoms with Gasteiger partial charge in [-0.05, 0) is 30.7 Å². The molecule has 0 radical (unpaired) electrons. The number of fused-ring (bicyclic) bond motifs is 2. The number of anilines is 1. The Morgan fingerprint density at radius 1 is 1.14 bits per heavy atom. The fourth-order valence-corrected chi connectivity index (χ4v) is 3.41. The fraction of sp³-hybridized carbons (Fsp3) is 0.238. The van der Waals surface area contributed by atoms with Gasteiger partial charge < -0.3 is 20.5 Å². The second-order valence-corrected chi connectivity index (χ2v) is 6.95. The number of carbonyl (C=O) groups excluding carboxylic acids is 3. The van der Waals surface area contributed by atoms with Gasteiger partial charge in [0.15, 0.2) is 0 Å². The van der Waals surface area contributed by atoms with E-state index in [9.17, 15) is 14.4 Å². The molecule has 2 heterocycles. The number of imidazole rings is 1. The van der Waals surface area contributed by atoms with Crippen LogP contribution in [0.4, 0.5) is 5.69 Å². The van der Waals surface area contributed by atoms with E-state index in [4.69, 9.17) is 0 Å². The van der Waals surface area contributed by atoms with Crippen molar-refractivity contribution in [2.24, 2.45) is 7.05 Å². The summed E-state index contributed by atoms with van der Waals surface area (Å²) in [5.74, 6) is -0.119. The van der Waals surface area contributed by atoms with E-state index < -0.39 is 6.04 Å². The Labute approximate surface area is 167 Å². The van der Waals surface area contributed by atoms with Gasteiger partial charge in [0.25, 0.3) is 5.91 Å². The first kappa shape index (κ1) is 18.7. The van der Waals surface area contributed by atoms with Gasteiger partial charge in [-0.15, -0.1) is 0 Å². The van der Waals surface area contributed by atoms with Crippen LogP contribution in [-0.4, -0.2) is 33.3 Å². The lowest BCUT2D eigenvalue weighted by molar-refractivity contribution is -0.122. The predicted octanol–water partition coefficient (Wildman–Crippen LogP) is 1.72. The quantitative estimate of drug-likeness (QED) is 0.616. The average Bonchev–Trinajstić information content (AvgIpc) is 2.99. The lowest BCUT2D eigenvalue weighted by Crippen LogP contribution is -2.42. The molecule has 1 aliphatic heterocycles. The number of hydrogen-bond donors (Lipinski definition) is 3. The minimum absolute atomic E-state index is 0.110. The van der Waals surface area contributed by atoms with Crippen molar-refractivity contribution >= 4 is 34.4 Å². The molecular weight excluding hydrogens is 370 g/mol. The Kier molecular flexibility index (Phi) is 4.99. The minimum atomic E-state index is -0.767. The monoisotopic (exact) mass is 391 g/mol. The highest BCUT2D eigenvalue weighted by atomic mass is 16.2. The number of hydrogen-bond acceptors (Lipinski definition) is 4. The smallest absolute Gasteiger partial charge is 0.254 e. The first-order chi connectivity index (χ1) is 14.0. The zero-order valence-corrected chi connectivity index (χ0v) is 15.9. The molecule has 0 aliphatic carbocycles. The Balaban J connectivity index is 1.34. The topological polar surface area (TPSA) is 105 Å². The molecule has 4 rings (SSSR count). The zero-order chi connectivity index (χ0) is 20.4. The largest absolute Gasteiger partial charge is 0.349 e. The van der Waals surface area contributed by atoms with E-state index in [2.05, 4.69) is 20.9 Å². The number of carbonyl (C=O) groups is 3. The van der Waals surface area contributed by atoms with Crippen molar-refractivity contribution in [2.45, 2.75) is 25.4 Å². The van der Waals surface area contributed by atoms with E-state index in [1.54, 1.807) is 24.3 Å². The van der Waals surface area contributed by atoms with Gasteiger partial charge >= 0.3 is 0 Å². The van der Waals surface area contributed by atoms with Gasteiger partial charge in [0.2, 0.25) is 11.8 Å². The number of amides is 3. The van der Waals surface area contributed by atoms with Crippen molar-refractivity contribution in [3.8, 4) is 0 Å². The molecule has 1 unspecified atom stereocenters. The number of aromatic nitrogens is 2. The lowest BCUT2D eigenvalue weighted by Gasteiger charge is -2.14. The maximum absolute atomic E-state index is 12.4. The average molecular weight is 391 g/mol. The molecule has 3 amide bonds. The summed E-state index contributed by atoms with van der Waals surface area (Å²) in [5, 5.41) is 8.27. The molecular formula is C21H21N5O3. The van der Waals surface area contributed by atoms with Gasteiger partial charge in [0, 0.05) is 13.5 Å². The molecule has 8 nitrogen and oxygen atoms in total. The van der Waals surface area contributed by atoms with Crippen LogP contribution in [0.2, 0.25) is 0 Å². The summed E-state index contributed by atoms with van der Waals surface area (Å²) in [5.41, 5.74) is 2.75. The molecule has 0 bridgehead atoms. The standard InChI is InChI=1S/C21H21N5O3/c1-26-17-9-5-4-8-15(17)23-18(26)12-22-19(27)11-10-16-21(29)24-14-7-3-2-6-13(14)20(28)25-16/h2-9,16H,10-12H2,1H3,(H,22,27)(H,24,29)(H,25,28). The molecule has 8 heteroatoms. The van der Waals surface area contributed by atoms with Crippen LogP contribution in [0.5, 0.6) is 0 Å². The Hall–Kier alpha value is -3.68. The van der Waals surface area contributed by atoms with Crippen LogP contribution in [0.3, 0.4) is 0 Å². The zero-order valence-electron chi connectivity index (χ0n) is 15.9. The van der Waals surface area contributed by atoms with Crippen molar-refractivity contribution < 1.29 is 14.4 Å². The summed E-state index contributed by atoms with van der Waals surface area (Å²) in [6.45, 7) is 0.290. The maximum Gasteiger partial charge on any atom is 0.254 e. The van der Waals surface area contributed by atoms with Crippen LogP contribution in [0.15, 0.2) is 48.5 Å². The van der Waals surface area contributed by atoms with Crippen molar-refractivity contribution in [1.82, 2.24) is 20.2 Å². The molecule has 3 N–H and O–H groups in total. The SMILES string of the molecule is Cn1c(CNC(=O)CCC2NC(=O)c3ccccc3NC2=O)nc2ccccc21. The van der Waals surface area contributed by atoms with Crippen molar-refractivity contribution in [3.05, 3.63) is 59.9 Å². The van der Waals surface area contributed by atoms with Crippen LogP contribution in [0.1, 0.15) is 29.0 Å². The molecule has 0 saturated carbocycles. The second kappa shape index (κ2) is 7.75. The van der Waals surface area contributed by atoms with Crippen molar-refractivity contribution in [2.75, 3.05) is 5.32 Å². The molecule has 0 saturated heterocycles. The normalized spacial score (nSPS) is 16.0. The summed E-state index contributed by atoms with van der Waals surface area (Å²) in [4.78, 5) is 41.5. The Bertz CT molecular complexity index is 1100. The van der Waals surface area contributed by atoms with E-state index in [1.165, 1.54) is 0 Å². The molecule has 2 aromatic carbocycles. The van der Waals surface area contributed by atoms with E-state index in [0.717, 1.165) is 16.9 Å². The molecule has 1 aromatic heterocycles. The van der Waals surface area contributed by atoms with Crippen LogP contribution < -0.4 is 16.0 Å². The molecule has 0 fully saturated rings. The van der Waals surface area contributed by atoms with Gasteiger partial charge in [-0.2, -0.15) is 0 Å². The number of nitrogens with zero attached hydrogens (tertiary/aromatic N) is 2. The number of rotatable bonds is 5. The lowest BCUT2D eigenvalue weighted by atomic mass is 10.1. The van der Waals surface area contributed by atoms with E-state index in [0.29, 0.717) is 17.8 Å². The maximum atomic E-state index is 12.4. The van der Waals surface area contributed by atoms with Crippen LogP contribution in [0.25, 0.3) is 11.0 Å². The molecule has 29 heavy (non-hydrogen) atoms. The fourth-order valence-electron chi connectivity index (χ4n) is 3.41. The summed E-state index contributed by atoms with van der Waals surface area (Å²) in [7, 11) is 1.90. The first-order valence-corrected chi connectivity index (χ1v) is 9.40. The molecule has 0 spiro atoms. The highest BCUT2D eigenvalue weighted by Gasteiger charge is 2.27. The van der Waals surface area contributed by atoms with Gasteiger partial charge in [-0.3, -0.25) is 14.4 Å². The first-order valence-electron chi connectivity index (χ1n) is 9.40. The highest BCUT2D eigenvalue weighted by Crippen LogP contribution is 2.19. The number of nitrogens with one attached hydrogen (secondary N) is 3. The van der Waals surface area contributed by atoms with Crippen molar-refractivity contribution in [1.29, 1.82) is 0 Å². The number of para-hydroxylation sites is 3. The van der Waals surface area contributed by atoms with Gasteiger partial charge in [0.05, 0.1) is 28.8 Å². The van der Waals surface area contributed by atoms with Crippen LogP contribution >= 0.6 is 0 Å². The summed E-state index contributed by atoms with van der Waals surface area (Å²) >= 11 is 0. The molecule has 1 atom stereocenters. The van der Waals surface area contributed by atoms with E-state index in [1.807, 2.05) is 35.9 Å². The summed E-state index contributed by atoms with van der Waals surface area (Å²) < 4.78 is 1.94. The van der Waals surface area contributed by atoms with Gasteiger partial charge in [-0.25, -0.2) is 4.98 Å². The van der Waals surface area contributed by atoms with Crippen molar-refractivity contribution in [3.63, 3.8) is 0 Å². The van der Waals surface area contributed by atoms with Gasteiger partial charge in [-0.1, -0.05) is 24.3 Å². The number of aryl methyl sites for hydroxylation is 1. The van der Waals surface area contributed by atoms with Gasteiger partial charge in [0.1, 0.15) is 11.9 Å². The molecule has 1 aliphatic rings. The third-order valence-corrected chi connectivity index (χ3v) is 5.03. The second-order valence-electron chi connectivity index (χ2n) is 6.95. The third kappa shape index (κ3) is 3.82. The van der Waals surface area contributed by atoms with E-state index >= 15 is 0 Å². The Morgan fingerprint density at radius 3 is 2.72 bits per heavy atom. The summed E-state index contributed by atoms with van der Waals surface area (Å²) in [6.07, 6.45) is 0.318. The highest BCUT2D eigenvalue weighted by molar-refractivity contribution is 6.09. The summed E-state index contributed by atoms with van der Waals surface area (Å²) in [6, 6.07) is 13.8. The predicted molar refractivity (Wildman–Crippen MR) is 108 cm³/mol. The third-order valence-electron chi connectivity index (χ3n) is 5.03. The Morgan fingerprint density at radius 2 is 1.90 bits per heavy atom. The molecule has 3 aromatic rings.